The number of hydrogen-bond acceptors (Lipinski definition) is 1. The zero-order valence-corrected chi connectivity index (χ0v) is 13.2. The summed E-state index contributed by atoms with van der Waals surface area (Å²) in [6.07, 6.45) is 1.83. The van der Waals surface area contributed by atoms with Crippen molar-refractivity contribution in [1.82, 2.24) is 5.32 Å². The minimum Gasteiger partial charge on any atom is -0.311 e. The summed E-state index contributed by atoms with van der Waals surface area (Å²) in [5.41, 5.74) is 2.38. The Morgan fingerprint density at radius 2 is 1.57 bits per heavy atom. The molecule has 3 heteroatoms. The van der Waals surface area contributed by atoms with Crippen molar-refractivity contribution in [3.63, 3.8) is 0 Å². The Bertz CT molecular complexity index is 568. The molecule has 0 aliphatic carbocycles. The molecule has 0 bridgehead atoms. The highest BCUT2D eigenvalue weighted by atomic mass is 35.5. The summed E-state index contributed by atoms with van der Waals surface area (Å²) >= 11 is 6.00. The number of rotatable bonds is 6. The van der Waals surface area contributed by atoms with Gasteiger partial charge < -0.3 is 5.32 Å². The van der Waals surface area contributed by atoms with Gasteiger partial charge >= 0.3 is 0 Å². The normalized spacial score (nSPS) is 13.9. The van der Waals surface area contributed by atoms with Gasteiger partial charge in [0.15, 0.2) is 0 Å². The summed E-state index contributed by atoms with van der Waals surface area (Å²) in [7, 11) is 0. The van der Waals surface area contributed by atoms with E-state index >= 15 is 0 Å². The Hall–Kier alpha value is -1.38. The Morgan fingerprint density at radius 1 is 0.952 bits per heavy atom. The van der Waals surface area contributed by atoms with Crippen LogP contribution in [0.15, 0.2) is 48.5 Å². The molecule has 0 saturated heterocycles. The maximum Gasteiger partial charge on any atom is 0.123 e. The molecule has 0 aliphatic heterocycles. The van der Waals surface area contributed by atoms with Crippen LogP contribution in [0, 0.1) is 5.82 Å². The second-order valence-electron chi connectivity index (χ2n) is 5.63. The molecule has 2 aromatic carbocycles. The van der Waals surface area contributed by atoms with Crippen molar-refractivity contribution >= 4 is 11.6 Å². The second kappa shape index (κ2) is 7.58. The summed E-state index contributed by atoms with van der Waals surface area (Å²) in [5.74, 6) is -0.186. The third-order valence-electron chi connectivity index (χ3n) is 3.46. The smallest absolute Gasteiger partial charge is 0.123 e. The quantitative estimate of drug-likeness (QED) is 0.820. The third-order valence-corrected chi connectivity index (χ3v) is 3.69. The van der Waals surface area contributed by atoms with E-state index in [4.69, 9.17) is 11.6 Å². The lowest BCUT2D eigenvalue weighted by Crippen LogP contribution is -2.37. The molecule has 2 unspecified atom stereocenters. The molecule has 0 saturated carbocycles. The van der Waals surface area contributed by atoms with Gasteiger partial charge in [-0.2, -0.15) is 0 Å². The lowest BCUT2D eigenvalue weighted by atomic mass is 10.0. The van der Waals surface area contributed by atoms with Gasteiger partial charge in [-0.1, -0.05) is 35.9 Å². The molecular weight excluding hydrogens is 285 g/mol. The van der Waals surface area contributed by atoms with Crippen LogP contribution in [0.5, 0.6) is 0 Å². The number of nitrogens with one attached hydrogen (secondary N) is 1. The average Bonchev–Trinajstić information content (AvgIpc) is 2.41. The molecule has 0 radical (unpaired) electrons. The molecule has 0 fully saturated rings. The molecule has 2 atom stereocenters. The Balaban J connectivity index is 1.84. The monoisotopic (exact) mass is 305 g/mol. The van der Waals surface area contributed by atoms with Crippen LogP contribution in [0.4, 0.5) is 4.39 Å². The predicted octanol–water partition coefficient (Wildman–Crippen LogP) is 4.63. The molecule has 112 valence electrons. The van der Waals surface area contributed by atoms with Crippen molar-refractivity contribution in [3.05, 3.63) is 70.5 Å². The Kier molecular flexibility index (Phi) is 5.77. The van der Waals surface area contributed by atoms with E-state index < -0.39 is 0 Å². The Morgan fingerprint density at radius 3 is 2.19 bits per heavy atom. The van der Waals surface area contributed by atoms with Crippen molar-refractivity contribution in [1.29, 1.82) is 0 Å². The van der Waals surface area contributed by atoms with Gasteiger partial charge in [-0.05, 0) is 62.1 Å². The zero-order valence-electron chi connectivity index (χ0n) is 12.4. The average molecular weight is 306 g/mol. The van der Waals surface area contributed by atoms with Crippen molar-refractivity contribution < 1.29 is 4.39 Å². The molecule has 1 N–H and O–H groups in total. The topological polar surface area (TPSA) is 12.0 Å². The highest BCUT2D eigenvalue weighted by molar-refractivity contribution is 6.30. The van der Waals surface area contributed by atoms with Crippen molar-refractivity contribution in [2.24, 2.45) is 0 Å². The third kappa shape index (κ3) is 5.49. The van der Waals surface area contributed by atoms with Crippen LogP contribution in [0.3, 0.4) is 0 Å². The molecule has 2 aromatic rings. The SMILES string of the molecule is CC(Cc1ccc(F)cc1)NC(C)Cc1cccc(Cl)c1. The number of benzene rings is 2. The van der Waals surface area contributed by atoms with Crippen LogP contribution >= 0.6 is 11.6 Å². The van der Waals surface area contributed by atoms with Crippen LogP contribution in [-0.2, 0) is 12.8 Å². The highest BCUT2D eigenvalue weighted by Crippen LogP contribution is 2.13. The van der Waals surface area contributed by atoms with Gasteiger partial charge in [-0.3, -0.25) is 0 Å². The fourth-order valence-electron chi connectivity index (χ4n) is 2.60. The second-order valence-corrected chi connectivity index (χ2v) is 6.07. The molecule has 1 nitrogen and oxygen atoms in total. The van der Waals surface area contributed by atoms with E-state index in [0.29, 0.717) is 12.1 Å². The van der Waals surface area contributed by atoms with Crippen molar-refractivity contribution in [2.45, 2.75) is 38.8 Å². The standard InChI is InChI=1S/C18H21ClFN/c1-13(10-15-6-8-18(20)9-7-15)21-14(2)11-16-4-3-5-17(19)12-16/h3-9,12-14,21H,10-11H2,1-2H3. The molecule has 0 aliphatic rings. The van der Waals surface area contributed by atoms with Crippen LogP contribution in [0.25, 0.3) is 0 Å². The van der Waals surface area contributed by atoms with Crippen LogP contribution < -0.4 is 5.32 Å². The first-order valence-electron chi connectivity index (χ1n) is 7.28. The van der Waals surface area contributed by atoms with Crippen molar-refractivity contribution in [3.8, 4) is 0 Å². The first kappa shape index (κ1) is 16.0. The van der Waals surface area contributed by atoms with Gasteiger partial charge in [-0.25, -0.2) is 4.39 Å². The molecule has 0 heterocycles. The maximum absolute atomic E-state index is 12.9. The van der Waals surface area contributed by atoms with Crippen LogP contribution in [-0.4, -0.2) is 12.1 Å². The molecule has 21 heavy (non-hydrogen) atoms. The van der Waals surface area contributed by atoms with Gasteiger partial charge in [0.25, 0.3) is 0 Å². The molecule has 0 spiro atoms. The van der Waals surface area contributed by atoms with E-state index in [1.54, 1.807) is 0 Å². The number of halogens is 2. The first-order chi connectivity index (χ1) is 10.0. The fourth-order valence-corrected chi connectivity index (χ4v) is 2.81. The summed E-state index contributed by atoms with van der Waals surface area (Å²) in [5, 5.41) is 4.35. The van der Waals surface area contributed by atoms with E-state index in [1.165, 1.54) is 17.7 Å². The van der Waals surface area contributed by atoms with Gasteiger partial charge in [0.2, 0.25) is 0 Å². The molecular formula is C18H21ClFN. The number of hydrogen-bond donors (Lipinski definition) is 1. The van der Waals surface area contributed by atoms with Gasteiger partial charge in [-0.15, -0.1) is 0 Å². The summed E-state index contributed by atoms with van der Waals surface area (Å²) in [4.78, 5) is 0. The highest BCUT2D eigenvalue weighted by Gasteiger charge is 2.09. The summed E-state index contributed by atoms with van der Waals surface area (Å²) in [6.45, 7) is 4.32. The van der Waals surface area contributed by atoms with Crippen LogP contribution in [0.2, 0.25) is 5.02 Å². The molecule has 0 amide bonds. The predicted molar refractivity (Wildman–Crippen MR) is 87.3 cm³/mol. The Labute approximate surface area is 131 Å². The van der Waals surface area contributed by atoms with E-state index in [-0.39, 0.29) is 5.82 Å². The van der Waals surface area contributed by atoms with Crippen LogP contribution in [0.1, 0.15) is 25.0 Å². The summed E-state index contributed by atoms with van der Waals surface area (Å²) in [6, 6.07) is 15.4. The van der Waals surface area contributed by atoms with Gasteiger partial charge in [0.1, 0.15) is 5.82 Å². The van der Waals surface area contributed by atoms with Crippen molar-refractivity contribution in [2.75, 3.05) is 0 Å². The summed E-state index contributed by atoms with van der Waals surface area (Å²) < 4.78 is 12.9. The maximum atomic E-state index is 12.9. The van der Waals surface area contributed by atoms with Gasteiger partial charge in [0, 0.05) is 17.1 Å². The zero-order chi connectivity index (χ0) is 15.2. The lowest BCUT2D eigenvalue weighted by Gasteiger charge is -2.20. The van der Waals surface area contributed by atoms with E-state index in [0.717, 1.165) is 23.4 Å². The molecule has 2 rings (SSSR count). The minimum absolute atomic E-state index is 0.186. The first-order valence-corrected chi connectivity index (χ1v) is 7.65. The van der Waals surface area contributed by atoms with E-state index in [1.807, 2.05) is 30.3 Å². The fraction of sp³-hybridized carbons (Fsp3) is 0.333. The van der Waals surface area contributed by atoms with E-state index in [9.17, 15) is 4.39 Å². The van der Waals surface area contributed by atoms with E-state index in [2.05, 4.69) is 25.2 Å². The minimum atomic E-state index is -0.186. The molecule has 0 aromatic heterocycles. The lowest BCUT2D eigenvalue weighted by molar-refractivity contribution is 0.462. The van der Waals surface area contributed by atoms with Gasteiger partial charge in [0.05, 0.1) is 0 Å². The largest absolute Gasteiger partial charge is 0.311 e.